The fourth-order valence-corrected chi connectivity index (χ4v) is 1.59. The first-order valence-electron chi connectivity index (χ1n) is 5.71. The minimum absolute atomic E-state index is 0.316. The number of unbranched alkanes of at least 4 members (excludes halogenated alkanes) is 1. The molecule has 0 saturated heterocycles. The summed E-state index contributed by atoms with van der Waals surface area (Å²) in [5.74, 6) is -0.508. The van der Waals surface area contributed by atoms with Crippen molar-refractivity contribution in [2.24, 2.45) is 5.73 Å². The summed E-state index contributed by atoms with van der Waals surface area (Å²) in [6.07, 6.45) is -2.66. The maximum absolute atomic E-state index is 12.0. The van der Waals surface area contributed by atoms with E-state index in [0.29, 0.717) is 25.8 Å². The Morgan fingerprint density at radius 2 is 1.89 bits per heavy atom. The molecule has 0 aliphatic heterocycles. The maximum atomic E-state index is 12.0. The third-order valence-electron chi connectivity index (χ3n) is 2.59. The van der Waals surface area contributed by atoms with Crippen LogP contribution < -0.4 is 5.73 Å². The van der Waals surface area contributed by atoms with Gasteiger partial charge in [-0.1, -0.05) is 0 Å². The monoisotopic (exact) mass is 270 g/mol. The first-order chi connectivity index (χ1) is 8.08. The van der Waals surface area contributed by atoms with E-state index in [1.54, 1.807) is 6.92 Å². The Morgan fingerprint density at radius 1 is 1.33 bits per heavy atom. The minimum atomic E-state index is -4.18. The van der Waals surface area contributed by atoms with Gasteiger partial charge in [0.25, 0.3) is 0 Å². The van der Waals surface area contributed by atoms with E-state index in [1.807, 2.05) is 0 Å². The normalized spacial score (nSPS) is 15.6. The van der Waals surface area contributed by atoms with E-state index in [4.69, 9.17) is 5.73 Å². The van der Waals surface area contributed by atoms with Crippen LogP contribution in [-0.4, -0.2) is 49.8 Å². The van der Waals surface area contributed by atoms with E-state index in [2.05, 4.69) is 4.74 Å². The zero-order valence-electron chi connectivity index (χ0n) is 11.0. The summed E-state index contributed by atoms with van der Waals surface area (Å²) in [6.45, 7) is 0.943. The molecule has 7 heteroatoms. The van der Waals surface area contributed by atoms with Crippen molar-refractivity contribution in [3.05, 3.63) is 0 Å². The summed E-state index contributed by atoms with van der Waals surface area (Å²) in [7, 11) is 2.67. The number of halogens is 3. The molecule has 0 aromatic carbocycles. The van der Waals surface area contributed by atoms with Gasteiger partial charge in [-0.2, -0.15) is 13.2 Å². The lowest BCUT2D eigenvalue weighted by atomic mass is 9.96. The van der Waals surface area contributed by atoms with E-state index >= 15 is 0 Å². The molecule has 2 N–H and O–H groups in total. The Labute approximate surface area is 105 Å². The van der Waals surface area contributed by atoms with Crippen molar-refractivity contribution < 1.29 is 22.7 Å². The quantitative estimate of drug-likeness (QED) is 0.563. The molecule has 0 saturated carbocycles. The second kappa shape index (κ2) is 6.94. The summed E-state index contributed by atoms with van der Waals surface area (Å²) in [5.41, 5.74) is 4.65. The zero-order chi connectivity index (χ0) is 14.4. The van der Waals surface area contributed by atoms with Gasteiger partial charge in [-0.15, -0.1) is 0 Å². The fraction of sp³-hybridized carbons (Fsp3) is 0.909. The standard InChI is InChI=1S/C11H21F3N2O2/c1-10(15,9(17)18-3)6-4-5-7-16(2)8-11(12,13)14/h4-8,15H2,1-3H3. The van der Waals surface area contributed by atoms with Crippen LogP contribution in [0.2, 0.25) is 0 Å². The number of nitrogens with two attached hydrogens (primary N) is 1. The number of hydrogen-bond donors (Lipinski definition) is 1. The molecule has 0 bridgehead atoms. The third-order valence-corrected chi connectivity index (χ3v) is 2.59. The van der Waals surface area contributed by atoms with E-state index < -0.39 is 24.2 Å². The third kappa shape index (κ3) is 7.50. The summed E-state index contributed by atoms with van der Waals surface area (Å²) < 4.78 is 40.6. The molecule has 108 valence electrons. The number of rotatable bonds is 7. The van der Waals surface area contributed by atoms with Gasteiger partial charge in [-0.3, -0.25) is 9.69 Å². The molecule has 0 heterocycles. The average molecular weight is 270 g/mol. The van der Waals surface area contributed by atoms with Crippen molar-refractivity contribution in [3.8, 4) is 0 Å². The molecule has 4 nitrogen and oxygen atoms in total. The van der Waals surface area contributed by atoms with Gasteiger partial charge in [0.05, 0.1) is 13.7 Å². The van der Waals surface area contributed by atoms with Crippen molar-refractivity contribution in [2.45, 2.75) is 37.9 Å². The minimum Gasteiger partial charge on any atom is -0.468 e. The Bertz CT molecular complexity index is 268. The van der Waals surface area contributed by atoms with Crippen LogP contribution in [0.15, 0.2) is 0 Å². The van der Waals surface area contributed by atoms with Crippen molar-refractivity contribution >= 4 is 5.97 Å². The van der Waals surface area contributed by atoms with E-state index in [0.717, 1.165) is 0 Å². The predicted molar refractivity (Wildman–Crippen MR) is 62.0 cm³/mol. The lowest BCUT2D eigenvalue weighted by Crippen LogP contribution is -2.45. The number of esters is 1. The molecular formula is C11H21F3N2O2. The Balaban J connectivity index is 3.83. The highest BCUT2D eigenvalue weighted by atomic mass is 19.4. The van der Waals surface area contributed by atoms with Crippen LogP contribution in [0.1, 0.15) is 26.2 Å². The first-order valence-corrected chi connectivity index (χ1v) is 5.71. The molecule has 0 rings (SSSR count). The Hall–Kier alpha value is -0.820. The van der Waals surface area contributed by atoms with Gasteiger partial charge in [-0.25, -0.2) is 0 Å². The summed E-state index contributed by atoms with van der Waals surface area (Å²) >= 11 is 0. The number of carbonyl (C=O) groups excluding carboxylic acids is 1. The Kier molecular flexibility index (Phi) is 6.62. The topological polar surface area (TPSA) is 55.6 Å². The van der Waals surface area contributed by atoms with Crippen LogP contribution in [0.4, 0.5) is 13.2 Å². The van der Waals surface area contributed by atoms with Gasteiger partial charge in [-0.05, 0) is 39.8 Å². The van der Waals surface area contributed by atoms with Crippen molar-refractivity contribution in [2.75, 3.05) is 27.2 Å². The van der Waals surface area contributed by atoms with Crippen LogP contribution in [0.3, 0.4) is 0 Å². The average Bonchev–Trinajstić information content (AvgIpc) is 2.20. The highest BCUT2D eigenvalue weighted by molar-refractivity contribution is 5.79. The second-order valence-corrected chi connectivity index (χ2v) is 4.72. The second-order valence-electron chi connectivity index (χ2n) is 4.72. The number of alkyl halides is 3. The van der Waals surface area contributed by atoms with Crippen LogP contribution in [0.5, 0.6) is 0 Å². The molecule has 18 heavy (non-hydrogen) atoms. The van der Waals surface area contributed by atoms with Crippen LogP contribution in [0.25, 0.3) is 0 Å². The molecule has 0 amide bonds. The van der Waals surface area contributed by atoms with Crippen molar-refractivity contribution in [1.82, 2.24) is 4.90 Å². The van der Waals surface area contributed by atoms with Crippen LogP contribution in [0, 0.1) is 0 Å². The molecule has 0 radical (unpaired) electrons. The molecule has 0 spiro atoms. The molecule has 0 aliphatic carbocycles. The van der Waals surface area contributed by atoms with Crippen LogP contribution >= 0.6 is 0 Å². The number of methoxy groups -OCH3 is 1. The van der Waals surface area contributed by atoms with Gasteiger partial charge >= 0.3 is 12.1 Å². The largest absolute Gasteiger partial charge is 0.468 e. The van der Waals surface area contributed by atoms with Crippen molar-refractivity contribution in [1.29, 1.82) is 0 Å². The van der Waals surface area contributed by atoms with E-state index in [1.165, 1.54) is 19.1 Å². The maximum Gasteiger partial charge on any atom is 0.401 e. The summed E-state index contributed by atoms with van der Waals surface area (Å²) in [4.78, 5) is 12.4. The number of carbonyl (C=O) groups is 1. The molecule has 0 aromatic rings. The van der Waals surface area contributed by atoms with Gasteiger partial charge in [0.1, 0.15) is 5.54 Å². The van der Waals surface area contributed by atoms with Gasteiger partial charge in [0.15, 0.2) is 0 Å². The summed E-state index contributed by atoms with van der Waals surface area (Å²) in [6, 6.07) is 0. The first kappa shape index (κ1) is 17.2. The number of ether oxygens (including phenoxy) is 1. The zero-order valence-corrected chi connectivity index (χ0v) is 11.0. The van der Waals surface area contributed by atoms with E-state index in [9.17, 15) is 18.0 Å². The number of hydrogen-bond acceptors (Lipinski definition) is 4. The predicted octanol–water partition coefficient (Wildman–Crippen LogP) is 1.54. The lowest BCUT2D eigenvalue weighted by molar-refractivity contribution is -0.146. The van der Waals surface area contributed by atoms with E-state index in [-0.39, 0.29) is 0 Å². The molecule has 1 unspecified atom stereocenters. The molecule has 0 aliphatic rings. The van der Waals surface area contributed by atoms with Gasteiger partial charge in [0.2, 0.25) is 0 Å². The number of nitrogens with zero attached hydrogens (tertiary/aromatic N) is 1. The van der Waals surface area contributed by atoms with Gasteiger partial charge in [0, 0.05) is 0 Å². The SMILES string of the molecule is COC(=O)C(C)(N)CCCCN(C)CC(F)(F)F. The molecule has 1 atom stereocenters. The highest BCUT2D eigenvalue weighted by Crippen LogP contribution is 2.17. The highest BCUT2D eigenvalue weighted by Gasteiger charge is 2.30. The molecule has 0 fully saturated rings. The molecule has 0 aromatic heterocycles. The van der Waals surface area contributed by atoms with Crippen LogP contribution in [-0.2, 0) is 9.53 Å². The summed E-state index contributed by atoms with van der Waals surface area (Å²) in [5, 5.41) is 0. The smallest absolute Gasteiger partial charge is 0.401 e. The van der Waals surface area contributed by atoms with Crippen molar-refractivity contribution in [3.63, 3.8) is 0 Å². The lowest BCUT2D eigenvalue weighted by Gasteiger charge is -2.22. The van der Waals surface area contributed by atoms with Gasteiger partial charge < -0.3 is 10.5 Å². The fourth-order valence-electron chi connectivity index (χ4n) is 1.59. The Morgan fingerprint density at radius 3 is 2.33 bits per heavy atom. The molecular weight excluding hydrogens is 249 g/mol.